The summed E-state index contributed by atoms with van der Waals surface area (Å²) in [5.41, 5.74) is 0. The Hall–Kier alpha value is 0.270. The van der Waals surface area contributed by atoms with Crippen LogP contribution in [0.1, 0.15) is 13.8 Å². The van der Waals surface area contributed by atoms with Crippen molar-refractivity contribution in [3.63, 3.8) is 0 Å². The smallest absolute Gasteiger partial charge is 0.0611 e. The first-order valence-corrected chi connectivity index (χ1v) is 5.77. The number of likely N-dealkylation sites (N-methyl/N-ethyl adjacent to an activating group) is 1. The molecule has 0 aliphatic carbocycles. The molecule has 72 valence electrons. The van der Waals surface area contributed by atoms with E-state index in [2.05, 4.69) is 37.0 Å². The Bertz CT molecular complexity index is 139. The third-order valence-electron chi connectivity index (χ3n) is 2.76. The number of piperazine rings is 1. The molecular formula is C9H20N2S. The third kappa shape index (κ3) is 2.38. The summed E-state index contributed by atoms with van der Waals surface area (Å²) in [5, 5.41) is 0. The molecule has 0 saturated carbocycles. The molecule has 1 rings (SSSR count). The van der Waals surface area contributed by atoms with Gasteiger partial charge in [-0.15, -0.1) is 11.8 Å². The van der Waals surface area contributed by atoms with Crippen LogP contribution >= 0.6 is 11.8 Å². The predicted molar refractivity (Wildman–Crippen MR) is 56.7 cm³/mol. The highest BCUT2D eigenvalue weighted by Crippen LogP contribution is 2.26. The molecule has 0 aromatic carbocycles. The van der Waals surface area contributed by atoms with Crippen LogP contribution in [0.3, 0.4) is 0 Å². The van der Waals surface area contributed by atoms with Crippen molar-refractivity contribution in [2.24, 2.45) is 0 Å². The van der Waals surface area contributed by atoms with Gasteiger partial charge in [-0.3, -0.25) is 4.90 Å². The fourth-order valence-electron chi connectivity index (χ4n) is 1.47. The highest BCUT2D eigenvalue weighted by molar-refractivity contribution is 7.99. The molecule has 0 unspecified atom stereocenters. The molecule has 0 radical (unpaired) electrons. The Balaban J connectivity index is 2.44. The molecule has 1 heterocycles. The molecule has 1 fully saturated rings. The molecule has 0 spiro atoms. The molecule has 0 bridgehead atoms. The molecule has 1 saturated heterocycles. The quantitative estimate of drug-likeness (QED) is 0.645. The third-order valence-corrected chi connectivity index (χ3v) is 4.02. The molecule has 3 heteroatoms. The largest absolute Gasteiger partial charge is 0.304 e. The summed E-state index contributed by atoms with van der Waals surface area (Å²) >= 11 is 1.94. The van der Waals surface area contributed by atoms with E-state index in [1.165, 1.54) is 26.2 Å². The maximum Gasteiger partial charge on any atom is 0.0611 e. The van der Waals surface area contributed by atoms with Gasteiger partial charge >= 0.3 is 0 Å². The Morgan fingerprint density at radius 3 is 2.00 bits per heavy atom. The molecule has 1 aliphatic rings. The summed E-state index contributed by atoms with van der Waals surface area (Å²) in [4.78, 5) is 5.28. The zero-order valence-electron chi connectivity index (χ0n) is 8.63. The summed E-state index contributed by atoms with van der Waals surface area (Å²) in [7, 11) is 2.20. The molecule has 0 atom stereocenters. The van der Waals surface area contributed by atoms with E-state index >= 15 is 0 Å². The van der Waals surface area contributed by atoms with Crippen molar-refractivity contribution in [3.05, 3.63) is 0 Å². The van der Waals surface area contributed by atoms with E-state index in [9.17, 15) is 0 Å². The normalized spacial score (nSPS) is 23.0. The molecule has 0 aromatic heterocycles. The Morgan fingerprint density at radius 1 is 1.08 bits per heavy atom. The van der Waals surface area contributed by atoms with Gasteiger partial charge in [-0.1, -0.05) is 0 Å². The van der Waals surface area contributed by atoms with Crippen LogP contribution in [0.25, 0.3) is 0 Å². The van der Waals surface area contributed by atoms with Crippen LogP contribution in [0.4, 0.5) is 0 Å². The summed E-state index contributed by atoms with van der Waals surface area (Å²) in [6.45, 7) is 9.47. The average Bonchev–Trinajstić information content (AvgIpc) is 2.05. The average molecular weight is 188 g/mol. The van der Waals surface area contributed by atoms with Gasteiger partial charge in [0, 0.05) is 26.2 Å². The van der Waals surface area contributed by atoms with Gasteiger partial charge in [-0.2, -0.15) is 0 Å². The lowest BCUT2D eigenvalue weighted by Crippen LogP contribution is -2.52. The Morgan fingerprint density at radius 2 is 1.58 bits per heavy atom. The van der Waals surface area contributed by atoms with Crippen molar-refractivity contribution in [2.45, 2.75) is 18.7 Å². The zero-order valence-corrected chi connectivity index (χ0v) is 9.45. The first-order valence-electron chi connectivity index (χ1n) is 4.55. The minimum absolute atomic E-state index is 0.321. The van der Waals surface area contributed by atoms with Crippen LogP contribution in [0.5, 0.6) is 0 Å². The fourth-order valence-corrected chi connectivity index (χ4v) is 1.91. The lowest BCUT2D eigenvalue weighted by Gasteiger charge is -2.42. The van der Waals surface area contributed by atoms with Gasteiger partial charge < -0.3 is 4.90 Å². The number of nitrogens with zero attached hydrogens (tertiary/aromatic N) is 2. The Kier molecular flexibility index (Phi) is 3.44. The minimum Gasteiger partial charge on any atom is -0.304 e. The number of thioether (sulfide) groups is 1. The second kappa shape index (κ2) is 3.99. The molecule has 0 N–H and O–H groups in total. The summed E-state index contributed by atoms with van der Waals surface area (Å²) in [5.74, 6) is 0. The van der Waals surface area contributed by atoms with E-state index in [0.29, 0.717) is 4.87 Å². The van der Waals surface area contributed by atoms with Crippen LogP contribution in [0.2, 0.25) is 0 Å². The van der Waals surface area contributed by atoms with Crippen LogP contribution in [-0.2, 0) is 0 Å². The summed E-state index contributed by atoms with van der Waals surface area (Å²) in [6.07, 6.45) is 2.19. The van der Waals surface area contributed by atoms with Crippen LogP contribution < -0.4 is 0 Å². The van der Waals surface area contributed by atoms with E-state index in [1.807, 2.05) is 11.8 Å². The lowest BCUT2D eigenvalue weighted by atomic mass is 10.2. The zero-order chi connectivity index (χ0) is 9.19. The van der Waals surface area contributed by atoms with E-state index in [0.717, 1.165) is 0 Å². The highest BCUT2D eigenvalue weighted by Gasteiger charge is 2.27. The maximum absolute atomic E-state index is 2.57. The topological polar surface area (TPSA) is 6.48 Å². The lowest BCUT2D eigenvalue weighted by molar-refractivity contribution is 0.111. The van der Waals surface area contributed by atoms with Gasteiger partial charge in [0.05, 0.1) is 4.87 Å². The van der Waals surface area contributed by atoms with Gasteiger partial charge in [-0.25, -0.2) is 0 Å². The fraction of sp³-hybridized carbons (Fsp3) is 1.00. The number of rotatable bonds is 2. The van der Waals surface area contributed by atoms with Gasteiger partial charge in [-0.05, 0) is 27.2 Å². The monoisotopic (exact) mass is 188 g/mol. The van der Waals surface area contributed by atoms with Crippen molar-refractivity contribution in [2.75, 3.05) is 39.5 Å². The van der Waals surface area contributed by atoms with Gasteiger partial charge in [0.1, 0.15) is 0 Å². The second-order valence-corrected chi connectivity index (χ2v) is 5.35. The molecule has 0 amide bonds. The first-order chi connectivity index (χ1) is 5.56. The standard InChI is InChI=1S/C9H20N2S/c1-9(2,12-4)11-7-5-10(3)6-8-11/h5-8H2,1-4H3. The maximum atomic E-state index is 2.57. The molecule has 1 aliphatic heterocycles. The molecule has 2 nitrogen and oxygen atoms in total. The van der Waals surface area contributed by atoms with E-state index in [4.69, 9.17) is 0 Å². The SMILES string of the molecule is CSC(C)(C)N1CCN(C)CC1. The number of hydrogen-bond acceptors (Lipinski definition) is 3. The van der Waals surface area contributed by atoms with Crippen molar-refractivity contribution in [3.8, 4) is 0 Å². The van der Waals surface area contributed by atoms with Crippen molar-refractivity contribution in [1.29, 1.82) is 0 Å². The highest BCUT2D eigenvalue weighted by atomic mass is 32.2. The number of hydrogen-bond donors (Lipinski definition) is 0. The Labute approximate surface area is 80.3 Å². The molecule has 0 aromatic rings. The minimum atomic E-state index is 0.321. The van der Waals surface area contributed by atoms with Crippen LogP contribution in [0, 0.1) is 0 Å². The van der Waals surface area contributed by atoms with Gasteiger partial charge in [0.25, 0.3) is 0 Å². The van der Waals surface area contributed by atoms with Gasteiger partial charge in [0.15, 0.2) is 0 Å². The second-order valence-electron chi connectivity index (χ2n) is 3.94. The van der Waals surface area contributed by atoms with Gasteiger partial charge in [0.2, 0.25) is 0 Å². The molecule has 12 heavy (non-hydrogen) atoms. The van der Waals surface area contributed by atoms with Crippen molar-refractivity contribution in [1.82, 2.24) is 9.80 Å². The predicted octanol–water partition coefficient (Wildman–Crippen LogP) is 1.33. The van der Waals surface area contributed by atoms with Crippen LogP contribution in [-0.4, -0.2) is 54.2 Å². The first kappa shape index (κ1) is 10.4. The van der Waals surface area contributed by atoms with Crippen LogP contribution in [0.15, 0.2) is 0 Å². The van der Waals surface area contributed by atoms with E-state index in [1.54, 1.807) is 0 Å². The molecular weight excluding hydrogens is 168 g/mol. The van der Waals surface area contributed by atoms with Crippen molar-refractivity contribution >= 4 is 11.8 Å². The van der Waals surface area contributed by atoms with E-state index in [-0.39, 0.29) is 0 Å². The summed E-state index contributed by atoms with van der Waals surface area (Å²) in [6, 6.07) is 0. The van der Waals surface area contributed by atoms with Crippen molar-refractivity contribution < 1.29 is 0 Å². The summed E-state index contributed by atoms with van der Waals surface area (Å²) < 4.78 is 0. The van der Waals surface area contributed by atoms with E-state index < -0.39 is 0 Å².